The number of alkyl halides is 3. The van der Waals surface area contributed by atoms with Crippen molar-refractivity contribution in [3.63, 3.8) is 0 Å². The van der Waals surface area contributed by atoms with Gasteiger partial charge >= 0.3 is 12.1 Å². The van der Waals surface area contributed by atoms with Crippen LogP contribution in [0.1, 0.15) is 10.4 Å². The predicted octanol–water partition coefficient (Wildman–Crippen LogP) is 2.58. The maximum Gasteiger partial charge on any atom is 0.426 e. The highest BCUT2D eigenvalue weighted by Gasteiger charge is 2.45. The number of ether oxygens (including phenoxy) is 1. The second-order valence-corrected chi connectivity index (χ2v) is 7.79. The first-order valence-electron chi connectivity index (χ1n) is 5.22. The first-order chi connectivity index (χ1) is 9.81. The molecule has 0 aliphatic rings. The average molecular weight is 566 g/mol. The van der Waals surface area contributed by atoms with Crippen molar-refractivity contribution in [1.82, 2.24) is 0 Å². The van der Waals surface area contributed by atoms with Crippen molar-refractivity contribution in [1.29, 1.82) is 0 Å². The van der Waals surface area contributed by atoms with Gasteiger partial charge < -0.3 is 9.84 Å². The van der Waals surface area contributed by atoms with E-state index >= 15 is 0 Å². The van der Waals surface area contributed by atoms with Gasteiger partial charge in [0.25, 0.3) is 10.1 Å². The molecule has 0 bridgehead atoms. The summed E-state index contributed by atoms with van der Waals surface area (Å²) in [4.78, 5) is 11.7. The van der Waals surface area contributed by atoms with E-state index in [1.165, 1.54) is 0 Å². The molecule has 0 spiro atoms. The molecule has 1 unspecified atom stereocenters. The standard InChI is InChI=1S/C10H7F3I2O6S/c11-10(12,13)7(3-22(18,19)20)21-9(17)4-1-5(14)8(16)6(15)2-4/h1-2,7,16H,3H2,(H,18,19,20). The van der Waals surface area contributed by atoms with Gasteiger partial charge in [-0.15, -0.1) is 0 Å². The molecule has 0 radical (unpaired) electrons. The minimum atomic E-state index is -5.16. The fourth-order valence-corrected chi connectivity index (χ4v) is 3.67. The van der Waals surface area contributed by atoms with Crippen molar-refractivity contribution in [2.24, 2.45) is 0 Å². The highest BCUT2D eigenvalue weighted by molar-refractivity contribution is 14.1. The van der Waals surface area contributed by atoms with E-state index in [1.807, 2.05) is 0 Å². The van der Waals surface area contributed by atoms with Crippen molar-refractivity contribution in [3.05, 3.63) is 24.8 Å². The molecule has 0 saturated carbocycles. The Balaban J connectivity index is 3.06. The highest BCUT2D eigenvalue weighted by Crippen LogP contribution is 2.29. The van der Waals surface area contributed by atoms with Crippen molar-refractivity contribution in [2.45, 2.75) is 12.3 Å². The third-order valence-corrected chi connectivity index (χ3v) is 4.60. The van der Waals surface area contributed by atoms with Crippen LogP contribution in [0.25, 0.3) is 0 Å². The zero-order valence-electron chi connectivity index (χ0n) is 10.3. The van der Waals surface area contributed by atoms with Crippen LogP contribution >= 0.6 is 45.2 Å². The van der Waals surface area contributed by atoms with E-state index in [-0.39, 0.29) is 18.5 Å². The Hall–Kier alpha value is -0.350. The van der Waals surface area contributed by atoms with Gasteiger partial charge in [0.2, 0.25) is 6.10 Å². The summed E-state index contributed by atoms with van der Waals surface area (Å²) in [5, 5.41) is 9.52. The van der Waals surface area contributed by atoms with Crippen LogP contribution in [-0.2, 0) is 14.9 Å². The lowest BCUT2D eigenvalue weighted by Crippen LogP contribution is -2.39. The lowest BCUT2D eigenvalue weighted by molar-refractivity contribution is -0.197. The topological polar surface area (TPSA) is 101 Å². The number of halogens is 5. The average Bonchev–Trinajstić information content (AvgIpc) is 2.31. The van der Waals surface area contributed by atoms with E-state index < -0.39 is 34.1 Å². The number of phenols is 1. The summed E-state index contributed by atoms with van der Waals surface area (Å²) >= 11 is 3.32. The summed E-state index contributed by atoms with van der Waals surface area (Å²) in [6.45, 7) is 0. The Morgan fingerprint density at radius 3 is 2.09 bits per heavy atom. The number of esters is 1. The Morgan fingerprint density at radius 1 is 1.27 bits per heavy atom. The third kappa shape index (κ3) is 5.69. The monoisotopic (exact) mass is 566 g/mol. The van der Waals surface area contributed by atoms with Crippen LogP contribution in [0.2, 0.25) is 0 Å². The van der Waals surface area contributed by atoms with Crippen molar-refractivity contribution in [3.8, 4) is 5.75 Å². The van der Waals surface area contributed by atoms with Gasteiger partial charge in [0.1, 0.15) is 11.5 Å². The number of hydrogen-bond acceptors (Lipinski definition) is 5. The van der Waals surface area contributed by atoms with E-state index in [2.05, 4.69) is 4.74 Å². The maximum atomic E-state index is 12.7. The molecule has 1 aromatic carbocycles. The summed E-state index contributed by atoms with van der Waals surface area (Å²) in [7, 11) is -5.00. The second-order valence-electron chi connectivity index (χ2n) is 3.97. The second kappa shape index (κ2) is 7.04. The zero-order chi connectivity index (χ0) is 17.3. The van der Waals surface area contributed by atoms with Crippen LogP contribution in [-0.4, -0.2) is 42.1 Å². The molecule has 124 valence electrons. The smallest absolute Gasteiger partial charge is 0.426 e. The number of phenolic OH excluding ortho intramolecular Hbond substituents is 1. The van der Waals surface area contributed by atoms with Gasteiger partial charge in [0, 0.05) is 0 Å². The molecule has 12 heteroatoms. The minimum Gasteiger partial charge on any atom is -0.506 e. The summed E-state index contributed by atoms with van der Waals surface area (Å²) < 4.78 is 72.2. The quantitative estimate of drug-likeness (QED) is 0.331. The molecule has 0 fully saturated rings. The minimum absolute atomic E-state index is 0.150. The fourth-order valence-electron chi connectivity index (χ4n) is 1.27. The first-order valence-corrected chi connectivity index (χ1v) is 8.99. The molecule has 1 aromatic rings. The lowest BCUT2D eigenvalue weighted by atomic mass is 10.2. The summed E-state index contributed by atoms with van der Waals surface area (Å²) in [5.41, 5.74) is -0.295. The molecule has 0 aliphatic heterocycles. The SMILES string of the molecule is O=C(OC(CS(=O)(=O)O)C(F)(F)F)c1cc(I)c(O)c(I)c1. The van der Waals surface area contributed by atoms with Crippen molar-refractivity contribution < 1.29 is 40.8 Å². The number of carbonyl (C=O) groups excluding carboxylic acids is 1. The molecule has 0 aromatic heterocycles. The molecule has 1 rings (SSSR count). The maximum absolute atomic E-state index is 12.7. The van der Waals surface area contributed by atoms with Gasteiger partial charge in [0.05, 0.1) is 12.7 Å². The van der Waals surface area contributed by atoms with E-state index in [9.17, 15) is 31.5 Å². The molecule has 22 heavy (non-hydrogen) atoms. The molecule has 0 aliphatic carbocycles. The third-order valence-electron chi connectivity index (χ3n) is 2.23. The lowest BCUT2D eigenvalue weighted by Gasteiger charge is -2.19. The largest absolute Gasteiger partial charge is 0.506 e. The van der Waals surface area contributed by atoms with Gasteiger partial charge in [-0.25, -0.2) is 4.79 Å². The summed E-state index contributed by atoms with van der Waals surface area (Å²) in [6.07, 6.45) is -8.16. The highest BCUT2D eigenvalue weighted by atomic mass is 127. The summed E-state index contributed by atoms with van der Waals surface area (Å²) in [5.74, 6) is -3.38. The molecule has 6 nitrogen and oxygen atoms in total. The number of hydrogen-bond donors (Lipinski definition) is 2. The van der Waals surface area contributed by atoms with Crippen LogP contribution in [0.15, 0.2) is 12.1 Å². The van der Waals surface area contributed by atoms with E-state index in [4.69, 9.17) is 4.55 Å². The molecular formula is C10H7F3I2O6S. The van der Waals surface area contributed by atoms with Gasteiger partial charge in [-0.2, -0.15) is 21.6 Å². The molecule has 0 amide bonds. The van der Waals surface area contributed by atoms with Crippen molar-refractivity contribution >= 4 is 61.3 Å². The Labute approximate surface area is 150 Å². The molecule has 1 atom stereocenters. The van der Waals surface area contributed by atoms with Gasteiger partial charge in [-0.05, 0) is 57.3 Å². The van der Waals surface area contributed by atoms with E-state index in [1.54, 1.807) is 45.2 Å². The number of benzene rings is 1. The van der Waals surface area contributed by atoms with Crippen molar-refractivity contribution in [2.75, 3.05) is 5.75 Å². The normalized spacial score (nSPS) is 13.7. The van der Waals surface area contributed by atoms with Gasteiger partial charge in [-0.3, -0.25) is 4.55 Å². The molecular weight excluding hydrogens is 559 g/mol. The Kier molecular flexibility index (Phi) is 6.30. The molecule has 2 N–H and O–H groups in total. The zero-order valence-corrected chi connectivity index (χ0v) is 15.4. The van der Waals surface area contributed by atoms with Crippen LogP contribution in [0.5, 0.6) is 5.75 Å². The van der Waals surface area contributed by atoms with Crippen LogP contribution in [0.4, 0.5) is 13.2 Å². The van der Waals surface area contributed by atoms with E-state index in [0.717, 1.165) is 12.1 Å². The van der Waals surface area contributed by atoms with Crippen LogP contribution < -0.4 is 0 Å². The fraction of sp³-hybridized carbons (Fsp3) is 0.300. The van der Waals surface area contributed by atoms with Crippen LogP contribution in [0.3, 0.4) is 0 Å². The molecule has 0 saturated heterocycles. The van der Waals surface area contributed by atoms with Crippen LogP contribution in [0, 0.1) is 7.14 Å². The summed E-state index contributed by atoms with van der Waals surface area (Å²) in [6, 6.07) is 2.17. The first kappa shape index (κ1) is 19.7. The number of rotatable bonds is 4. The predicted molar refractivity (Wildman–Crippen MR) is 85.2 cm³/mol. The molecule has 0 heterocycles. The van der Waals surface area contributed by atoms with Gasteiger partial charge in [0.15, 0.2) is 0 Å². The Morgan fingerprint density at radius 2 is 1.73 bits per heavy atom. The Bertz CT molecular complexity index is 665. The van der Waals surface area contributed by atoms with Gasteiger partial charge in [-0.1, -0.05) is 0 Å². The van der Waals surface area contributed by atoms with E-state index in [0.29, 0.717) is 0 Å². The number of carbonyl (C=O) groups is 1. The number of aromatic hydroxyl groups is 1.